The summed E-state index contributed by atoms with van der Waals surface area (Å²) in [6.45, 7) is -3.77. The molecule has 2 N–H and O–H groups in total. The average Bonchev–Trinajstić information content (AvgIpc) is 1.84. The van der Waals surface area contributed by atoms with Crippen LogP contribution in [0.3, 0.4) is 0 Å². The van der Waals surface area contributed by atoms with Crippen molar-refractivity contribution in [1.82, 2.24) is 0 Å². The second kappa shape index (κ2) is 5.45. The molecule has 0 spiro atoms. The zero-order valence-corrected chi connectivity index (χ0v) is 8.34. The number of ether oxygens (including phenoxy) is 1. The summed E-state index contributed by atoms with van der Waals surface area (Å²) in [5.74, 6) is -0.103. The molecule has 0 saturated heterocycles. The Morgan fingerprint density at radius 3 is 2.42 bits per heavy atom. The summed E-state index contributed by atoms with van der Waals surface area (Å²) in [7, 11) is 2.68. The monoisotopic (exact) mass is 215 g/mol. The summed E-state index contributed by atoms with van der Waals surface area (Å²) in [5.41, 5.74) is 0. The molecule has 0 rings (SSSR count). The molecule has 0 unspecified atom stereocenters. The lowest BCUT2D eigenvalue weighted by Crippen LogP contribution is -2.10. The van der Waals surface area contributed by atoms with Crippen molar-refractivity contribution in [3.63, 3.8) is 0 Å². The van der Waals surface area contributed by atoms with Gasteiger partial charge in [0.15, 0.2) is 0 Å². The summed E-state index contributed by atoms with van der Waals surface area (Å²) >= 11 is 4.20. The predicted octanol–water partition coefficient (Wildman–Crippen LogP) is -0.182. The van der Waals surface area contributed by atoms with E-state index in [9.17, 15) is 0 Å². The maximum atomic E-state index is 8.71. The van der Waals surface area contributed by atoms with Gasteiger partial charge >= 0.3 is 6.72 Å². The Kier molecular flexibility index (Phi) is 5.36. The van der Waals surface area contributed by atoms with Gasteiger partial charge in [-0.2, -0.15) is 0 Å². The second-order valence-electron chi connectivity index (χ2n) is 1.68. The maximum Gasteiger partial charge on any atom is 0.376 e. The van der Waals surface area contributed by atoms with E-state index in [1.807, 2.05) is 0 Å². The third-order valence-electron chi connectivity index (χ3n) is 0.685. The summed E-state index contributed by atoms with van der Waals surface area (Å²) in [5, 5.41) is 3.31. The second-order valence-corrected chi connectivity index (χ2v) is 4.27. The van der Waals surface area contributed by atoms with Crippen LogP contribution in [0.4, 0.5) is 0 Å². The van der Waals surface area contributed by atoms with Gasteiger partial charge in [-0.1, -0.05) is 0 Å². The first-order valence-electron chi connectivity index (χ1n) is 2.83. The fourth-order valence-corrected chi connectivity index (χ4v) is 1.05. The number of methoxy groups -OCH3 is 1. The Bertz CT molecular complexity index is 202. The quantitative estimate of drug-likeness (QED) is 0.293. The first-order valence-corrected chi connectivity index (χ1v) is 5.46. The van der Waals surface area contributed by atoms with E-state index in [1.54, 1.807) is 0 Å². The van der Waals surface area contributed by atoms with Crippen LogP contribution in [0, 0.1) is 0 Å². The van der Waals surface area contributed by atoms with Crippen LogP contribution in [-0.4, -0.2) is 36.5 Å². The lowest BCUT2D eigenvalue weighted by Gasteiger charge is -2.10. The smallest absolute Gasteiger partial charge is 0.376 e. The van der Waals surface area contributed by atoms with Gasteiger partial charge in [-0.05, 0) is 5.16 Å². The number of oxime groups is 1. The van der Waals surface area contributed by atoms with Gasteiger partial charge in [0.2, 0.25) is 0 Å². The summed E-state index contributed by atoms with van der Waals surface area (Å²) in [4.78, 5) is 21.8. The molecule has 0 aromatic heterocycles. The van der Waals surface area contributed by atoms with Crippen LogP contribution in [0.15, 0.2) is 5.16 Å². The van der Waals surface area contributed by atoms with E-state index in [4.69, 9.17) is 9.79 Å². The average molecular weight is 215 g/mol. The largest absolute Gasteiger partial charge is 0.404 e. The molecule has 12 heavy (non-hydrogen) atoms. The van der Waals surface area contributed by atoms with Crippen LogP contribution in [-0.2, 0) is 25.9 Å². The van der Waals surface area contributed by atoms with E-state index < -0.39 is 6.72 Å². The minimum atomic E-state index is -3.74. The first-order chi connectivity index (χ1) is 5.49. The van der Waals surface area contributed by atoms with Crippen LogP contribution >= 0.6 is 6.72 Å². The van der Waals surface area contributed by atoms with E-state index in [2.05, 4.69) is 31.1 Å². The van der Waals surface area contributed by atoms with Gasteiger partial charge in [-0.25, -0.2) is 0 Å². The molecular weight excluding hydrogens is 205 g/mol. The van der Waals surface area contributed by atoms with Gasteiger partial charge in [0.1, 0.15) is 13.7 Å². The van der Waals surface area contributed by atoms with Gasteiger partial charge in [-0.3, -0.25) is 0 Å². The topological polar surface area (TPSA) is 80.5 Å². The zero-order valence-electron chi connectivity index (χ0n) is 6.63. The maximum absolute atomic E-state index is 8.71. The minimum Gasteiger partial charge on any atom is -0.404 e. The Balaban J connectivity index is 4.14. The number of nitrogens with zero attached hydrogens (tertiary/aromatic N) is 1. The van der Waals surface area contributed by atoms with Gasteiger partial charge in [0, 0.05) is 18.9 Å². The molecule has 0 aliphatic carbocycles. The molecule has 0 fully saturated rings. The number of rotatable bonds is 4. The van der Waals surface area contributed by atoms with Crippen molar-refractivity contribution >= 4 is 24.4 Å². The highest BCUT2D eigenvalue weighted by molar-refractivity contribution is 8.06. The molecule has 6 nitrogen and oxygen atoms in total. The van der Waals surface area contributed by atoms with Crippen LogP contribution in [0.25, 0.3) is 0 Å². The third kappa shape index (κ3) is 6.51. The molecule has 8 heteroatoms. The predicted molar refractivity (Wildman–Crippen MR) is 46.1 cm³/mol. The molecule has 0 saturated carbocycles. The SMILES string of the molecule is COCC(=NOC)OP(O)(O)=S. The molecule has 72 valence electrons. The minimum absolute atomic E-state index is 0.0344. The first kappa shape index (κ1) is 11.8. The van der Waals surface area contributed by atoms with E-state index >= 15 is 0 Å². The summed E-state index contributed by atoms with van der Waals surface area (Å²) in [6.07, 6.45) is 0. The fourth-order valence-electron chi connectivity index (χ4n) is 0.432. The van der Waals surface area contributed by atoms with Gasteiger partial charge in [-0.15, -0.1) is 0 Å². The van der Waals surface area contributed by atoms with Crippen molar-refractivity contribution in [2.45, 2.75) is 0 Å². The van der Waals surface area contributed by atoms with Crippen molar-refractivity contribution in [3.05, 3.63) is 0 Å². The highest BCUT2D eigenvalue weighted by Gasteiger charge is 2.13. The standard InChI is InChI=1S/C4H10NO5PS/c1-8-3-4(5-9-2)10-11(6,7)12/h3H2,1-2H3,(H2,6,7,12). The molecular formula is C4H10NO5PS. The van der Waals surface area contributed by atoms with Crippen LogP contribution in [0.1, 0.15) is 0 Å². The zero-order chi connectivity index (χ0) is 9.61. The number of hydrogen-bond donors (Lipinski definition) is 2. The summed E-state index contributed by atoms with van der Waals surface area (Å²) < 4.78 is 9.07. The fraction of sp³-hybridized carbons (Fsp3) is 0.750. The summed E-state index contributed by atoms with van der Waals surface area (Å²) in [6, 6.07) is 0. The molecule has 0 heterocycles. The molecule has 0 atom stereocenters. The van der Waals surface area contributed by atoms with E-state index in [0.717, 1.165) is 0 Å². The Morgan fingerprint density at radius 2 is 2.08 bits per heavy atom. The van der Waals surface area contributed by atoms with Crippen LogP contribution in [0.5, 0.6) is 0 Å². The van der Waals surface area contributed by atoms with Crippen molar-refractivity contribution in [3.8, 4) is 0 Å². The van der Waals surface area contributed by atoms with Gasteiger partial charge < -0.3 is 23.9 Å². The third-order valence-corrected chi connectivity index (χ3v) is 1.36. The molecule has 0 bridgehead atoms. The van der Waals surface area contributed by atoms with Crippen LogP contribution < -0.4 is 0 Å². The Labute approximate surface area is 75.0 Å². The molecule has 0 aromatic rings. The number of hydrogen-bond acceptors (Lipinski definition) is 5. The van der Waals surface area contributed by atoms with Crippen molar-refractivity contribution in [2.75, 3.05) is 20.8 Å². The molecule has 0 aliphatic heterocycles. The lowest BCUT2D eigenvalue weighted by atomic mass is 10.7. The molecule has 0 amide bonds. The lowest BCUT2D eigenvalue weighted by molar-refractivity contribution is 0.181. The highest BCUT2D eigenvalue weighted by Crippen LogP contribution is 2.36. The van der Waals surface area contributed by atoms with Crippen molar-refractivity contribution in [2.24, 2.45) is 5.16 Å². The molecule has 0 aromatic carbocycles. The molecule has 0 aliphatic rings. The normalized spacial score (nSPS) is 12.8. The van der Waals surface area contributed by atoms with Gasteiger partial charge in [0.25, 0.3) is 5.90 Å². The van der Waals surface area contributed by atoms with Crippen molar-refractivity contribution < 1.29 is 23.9 Å². The Morgan fingerprint density at radius 1 is 1.50 bits per heavy atom. The molecule has 0 radical (unpaired) electrons. The Hall–Kier alpha value is -0.200. The van der Waals surface area contributed by atoms with E-state index in [-0.39, 0.29) is 12.5 Å². The van der Waals surface area contributed by atoms with Gasteiger partial charge in [0.05, 0.1) is 0 Å². The van der Waals surface area contributed by atoms with E-state index in [0.29, 0.717) is 0 Å². The van der Waals surface area contributed by atoms with Crippen LogP contribution in [0.2, 0.25) is 0 Å². The highest BCUT2D eigenvalue weighted by atomic mass is 32.5. The van der Waals surface area contributed by atoms with Crippen molar-refractivity contribution in [1.29, 1.82) is 0 Å². The van der Waals surface area contributed by atoms with E-state index in [1.165, 1.54) is 14.2 Å².